The molecule has 0 aromatic heterocycles. The molecule has 0 unspecified atom stereocenters. The van der Waals surface area contributed by atoms with Gasteiger partial charge < -0.3 is 9.47 Å². The molecule has 0 spiro atoms. The first-order chi connectivity index (χ1) is 17.9. The number of ether oxygens (including phenoxy) is 2. The molecule has 4 heteroatoms. The van der Waals surface area contributed by atoms with E-state index in [4.69, 9.17) is 9.47 Å². The summed E-state index contributed by atoms with van der Waals surface area (Å²) in [4.78, 5) is 2.45. The molecular formula is C32H14BNO2. The average molecular weight is 455 g/mol. The van der Waals surface area contributed by atoms with Crippen LogP contribution in [0.2, 0.25) is 0 Å². The Hall–Kier alpha value is -4.70. The Morgan fingerprint density at radius 1 is 0.472 bits per heavy atom. The number of para-hydroxylation sites is 1. The molecule has 0 fully saturated rings. The quantitative estimate of drug-likeness (QED) is 0.245. The van der Waals surface area contributed by atoms with Gasteiger partial charge in [0.15, 0.2) is 23.0 Å². The monoisotopic (exact) mass is 455 g/mol. The smallest absolute Gasteiger partial charge is 0.250 e. The summed E-state index contributed by atoms with van der Waals surface area (Å²) < 4.78 is 13.3. The van der Waals surface area contributed by atoms with Crippen molar-refractivity contribution in [1.82, 2.24) is 0 Å². The van der Waals surface area contributed by atoms with Gasteiger partial charge in [0.05, 0.1) is 11.4 Å². The lowest BCUT2D eigenvalue weighted by atomic mass is 9.29. The lowest BCUT2D eigenvalue weighted by Crippen LogP contribution is -2.62. The first-order valence-electron chi connectivity index (χ1n) is 12.5. The molecule has 0 saturated carbocycles. The topological polar surface area (TPSA) is 21.7 Å². The van der Waals surface area contributed by atoms with Gasteiger partial charge in [0.25, 0.3) is 0 Å². The molecule has 0 aliphatic carbocycles. The van der Waals surface area contributed by atoms with Crippen molar-refractivity contribution in [3.8, 4) is 45.3 Å². The molecule has 11 rings (SSSR count). The maximum absolute atomic E-state index is 6.64. The largest absolute Gasteiger partial charge is 0.453 e. The zero-order valence-corrected chi connectivity index (χ0v) is 18.9. The number of hydrogen-bond acceptors (Lipinski definition) is 3. The van der Waals surface area contributed by atoms with Crippen LogP contribution >= 0.6 is 0 Å². The van der Waals surface area contributed by atoms with Crippen LogP contribution in [0.15, 0.2) is 84.9 Å². The second-order valence-corrected chi connectivity index (χ2v) is 10.4. The highest BCUT2D eigenvalue weighted by atomic mass is 16.5. The highest BCUT2D eigenvalue weighted by molar-refractivity contribution is 7.04. The summed E-state index contributed by atoms with van der Waals surface area (Å²) in [7, 11) is 0. The van der Waals surface area contributed by atoms with E-state index in [1.165, 1.54) is 71.6 Å². The Morgan fingerprint density at radius 2 is 0.972 bits per heavy atom. The van der Waals surface area contributed by atoms with Gasteiger partial charge >= 0.3 is 0 Å². The number of hydrogen-bond donors (Lipinski definition) is 0. The Bertz CT molecular complexity index is 1990. The first kappa shape index (κ1) is 16.9. The number of nitrogens with zero attached hydrogens (tertiary/aromatic N) is 1. The zero-order valence-electron chi connectivity index (χ0n) is 18.9. The molecule has 6 aromatic carbocycles. The van der Waals surface area contributed by atoms with Gasteiger partial charge in [0, 0.05) is 0 Å². The molecule has 0 bridgehead atoms. The van der Waals surface area contributed by atoms with Crippen LogP contribution < -0.4 is 30.8 Å². The van der Waals surface area contributed by atoms with Gasteiger partial charge in [-0.25, -0.2) is 0 Å². The molecule has 5 heterocycles. The van der Waals surface area contributed by atoms with E-state index in [2.05, 4.69) is 83.8 Å². The number of anilines is 3. The Labute approximate surface area is 206 Å². The van der Waals surface area contributed by atoms with E-state index in [-0.39, 0.29) is 6.71 Å². The molecule has 5 aliphatic rings. The fourth-order valence-electron chi connectivity index (χ4n) is 7.77. The van der Waals surface area contributed by atoms with Crippen molar-refractivity contribution in [1.29, 1.82) is 0 Å². The van der Waals surface area contributed by atoms with Crippen molar-refractivity contribution in [3.63, 3.8) is 0 Å². The van der Waals surface area contributed by atoms with Gasteiger partial charge in [0.1, 0.15) is 5.69 Å². The molecule has 0 saturated heterocycles. The van der Waals surface area contributed by atoms with E-state index >= 15 is 0 Å². The van der Waals surface area contributed by atoms with E-state index in [9.17, 15) is 0 Å². The van der Waals surface area contributed by atoms with Gasteiger partial charge in [0.2, 0.25) is 6.71 Å². The van der Waals surface area contributed by atoms with E-state index in [1.54, 1.807) is 0 Å². The number of benzene rings is 6. The van der Waals surface area contributed by atoms with E-state index in [1.807, 2.05) is 6.07 Å². The van der Waals surface area contributed by atoms with Crippen molar-refractivity contribution >= 4 is 61.7 Å². The zero-order chi connectivity index (χ0) is 22.9. The van der Waals surface area contributed by atoms with Crippen molar-refractivity contribution < 1.29 is 9.47 Å². The van der Waals surface area contributed by atoms with Gasteiger partial charge in [-0.2, -0.15) is 0 Å². The standard InChI is InChI=1S/C32H14BNO2/c1-5-15-13-23-31-28-25(15)17(7-1)19-9-3-10-20-18-8-2-6-16-14-24-32(29(26(16)18)33(28)27(19)20)34(31)30-21(35-23)11-4-12-22(30)36-24/h1-14H. The molecule has 6 aromatic rings. The average Bonchev–Trinajstić information content (AvgIpc) is 2.92. The third kappa shape index (κ3) is 1.54. The summed E-state index contributed by atoms with van der Waals surface area (Å²) in [6.45, 7) is 0.145. The van der Waals surface area contributed by atoms with Crippen LogP contribution in [0.25, 0.3) is 43.8 Å². The van der Waals surface area contributed by atoms with Crippen LogP contribution in [-0.4, -0.2) is 6.71 Å². The second kappa shape index (κ2) is 5.12. The highest BCUT2D eigenvalue weighted by Gasteiger charge is 2.50. The highest BCUT2D eigenvalue weighted by Crippen LogP contribution is 2.62. The molecule has 0 radical (unpaired) electrons. The lowest BCUT2D eigenvalue weighted by molar-refractivity contribution is 0.447. The molecule has 0 amide bonds. The molecule has 0 atom stereocenters. The van der Waals surface area contributed by atoms with Crippen molar-refractivity contribution in [2.45, 2.75) is 0 Å². The van der Waals surface area contributed by atoms with Crippen LogP contribution in [0.4, 0.5) is 17.1 Å². The van der Waals surface area contributed by atoms with Gasteiger partial charge in [-0.1, -0.05) is 66.1 Å². The van der Waals surface area contributed by atoms with E-state index < -0.39 is 0 Å². The van der Waals surface area contributed by atoms with Crippen LogP contribution in [0, 0.1) is 0 Å². The summed E-state index contributed by atoms with van der Waals surface area (Å²) >= 11 is 0. The normalized spacial score (nSPS) is 15.0. The molecule has 5 aliphatic heterocycles. The predicted molar refractivity (Wildman–Crippen MR) is 145 cm³/mol. The molecule has 3 nitrogen and oxygen atoms in total. The molecule has 36 heavy (non-hydrogen) atoms. The SMILES string of the molecule is c1cc2c3c(c1)Oc1cc4cccc5c4c4c1N3c1c(cc3cccc6c3c1B4c1c-6cccc1-5)O2. The summed E-state index contributed by atoms with van der Waals surface area (Å²) in [6.07, 6.45) is 0. The molecular weight excluding hydrogens is 441 g/mol. The fraction of sp³-hybridized carbons (Fsp3) is 0. The minimum Gasteiger partial charge on any atom is -0.453 e. The summed E-state index contributed by atoms with van der Waals surface area (Å²) in [5, 5.41) is 5.18. The Kier molecular flexibility index (Phi) is 2.40. The van der Waals surface area contributed by atoms with Gasteiger partial charge in [-0.3, -0.25) is 4.90 Å². The molecule has 0 N–H and O–H groups in total. The minimum absolute atomic E-state index is 0.145. The molecule has 162 valence electrons. The van der Waals surface area contributed by atoms with Gasteiger partial charge in [-0.15, -0.1) is 0 Å². The van der Waals surface area contributed by atoms with Crippen molar-refractivity contribution in [2.75, 3.05) is 4.90 Å². The van der Waals surface area contributed by atoms with E-state index in [0.717, 1.165) is 28.7 Å². The Morgan fingerprint density at radius 3 is 1.56 bits per heavy atom. The second-order valence-electron chi connectivity index (χ2n) is 10.4. The maximum atomic E-state index is 6.64. The lowest BCUT2D eigenvalue weighted by Gasteiger charge is -2.48. The predicted octanol–water partition coefficient (Wildman–Crippen LogP) is 6.46. The van der Waals surface area contributed by atoms with Crippen LogP contribution in [0.5, 0.6) is 23.0 Å². The van der Waals surface area contributed by atoms with E-state index in [0.29, 0.717) is 0 Å². The summed E-state index contributed by atoms with van der Waals surface area (Å²) in [5.41, 5.74) is 12.9. The minimum atomic E-state index is 0.145. The first-order valence-corrected chi connectivity index (χ1v) is 12.5. The van der Waals surface area contributed by atoms with Crippen LogP contribution in [0.3, 0.4) is 0 Å². The third-order valence-corrected chi connectivity index (χ3v) is 8.91. The van der Waals surface area contributed by atoms with Crippen LogP contribution in [0.1, 0.15) is 0 Å². The maximum Gasteiger partial charge on any atom is 0.250 e. The number of fused-ring (bicyclic) bond motifs is 2. The fourth-order valence-corrected chi connectivity index (χ4v) is 7.77. The summed E-state index contributed by atoms with van der Waals surface area (Å²) in [5.74, 6) is 3.55. The van der Waals surface area contributed by atoms with Crippen LogP contribution in [-0.2, 0) is 0 Å². The van der Waals surface area contributed by atoms with Gasteiger partial charge in [-0.05, 0) is 79.0 Å². The van der Waals surface area contributed by atoms with Crippen molar-refractivity contribution in [2.24, 2.45) is 0 Å². The summed E-state index contributed by atoms with van der Waals surface area (Å²) in [6, 6.07) is 30.9. The number of rotatable bonds is 0. The Balaban J connectivity index is 1.49. The van der Waals surface area contributed by atoms with Crippen molar-refractivity contribution in [3.05, 3.63) is 84.9 Å². The third-order valence-electron chi connectivity index (χ3n) is 8.91.